The van der Waals surface area contributed by atoms with Crippen LogP contribution in [0.1, 0.15) is 32.1 Å². The molecule has 1 amide bonds. The largest absolute Gasteiger partial charge is 0.444 e. The summed E-state index contributed by atoms with van der Waals surface area (Å²) >= 11 is 1.78. The van der Waals surface area contributed by atoms with Crippen molar-refractivity contribution in [3.8, 4) is 0 Å². The summed E-state index contributed by atoms with van der Waals surface area (Å²) in [6, 6.07) is 6.38. The Kier molecular flexibility index (Phi) is 6.18. The second-order valence-electron chi connectivity index (χ2n) is 7.81. The van der Waals surface area contributed by atoms with Crippen LogP contribution in [0.2, 0.25) is 0 Å². The number of rotatable bonds is 6. The van der Waals surface area contributed by atoms with E-state index in [0.29, 0.717) is 11.9 Å². The van der Waals surface area contributed by atoms with Crippen molar-refractivity contribution in [2.45, 2.75) is 58.0 Å². The molecule has 1 aliphatic heterocycles. The minimum Gasteiger partial charge on any atom is -0.444 e. The summed E-state index contributed by atoms with van der Waals surface area (Å²) in [5.74, 6) is 0.496. The minimum atomic E-state index is -0.534. The standard InChI is InChI=1S/C19H28N4O3S/c1-19(2,3)26-18(24)20-17-7-8-23(21-17)11-14-10-15(25-4)12-22(14)13-16-6-5-9-27-16/h5-9,14-15H,10-13H2,1-4H3,(H,20,21,24)/t14-,15-/m0/s1. The first-order chi connectivity index (χ1) is 12.8. The Balaban J connectivity index is 1.60. The van der Waals surface area contributed by atoms with Gasteiger partial charge in [0.15, 0.2) is 5.82 Å². The number of hydrogen-bond donors (Lipinski definition) is 1. The van der Waals surface area contributed by atoms with E-state index in [1.165, 1.54) is 4.88 Å². The van der Waals surface area contributed by atoms with Gasteiger partial charge in [-0.05, 0) is 38.6 Å². The van der Waals surface area contributed by atoms with E-state index in [-0.39, 0.29) is 6.10 Å². The fourth-order valence-corrected chi connectivity index (χ4v) is 3.98. The highest BCUT2D eigenvalue weighted by Gasteiger charge is 2.32. The molecule has 2 atom stereocenters. The van der Waals surface area contributed by atoms with Crippen molar-refractivity contribution in [1.82, 2.24) is 14.7 Å². The zero-order valence-electron chi connectivity index (χ0n) is 16.3. The zero-order valence-corrected chi connectivity index (χ0v) is 17.2. The number of anilines is 1. The van der Waals surface area contributed by atoms with E-state index in [9.17, 15) is 4.79 Å². The number of amides is 1. The van der Waals surface area contributed by atoms with Crippen molar-refractivity contribution in [2.24, 2.45) is 0 Å². The van der Waals surface area contributed by atoms with E-state index in [0.717, 1.165) is 26.1 Å². The topological polar surface area (TPSA) is 68.6 Å². The van der Waals surface area contributed by atoms with E-state index in [1.807, 2.05) is 31.6 Å². The van der Waals surface area contributed by atoms with Crippen LogP contribution >= 0.6 is 11.3 Å². The summed E-state index contributed by atoms with van der Waals surface area (Å²) < 4.78 is 12.7. The van der Waals surface area contributed by atoms with Gasteiger partial charge >= 0.3 is 6.09 Å². The highest BCUT2D eigenvalue weighted by atomic mass is 32.1. The molecule has 7 nitrogen and oxygen atoms in total. The molecule has 0 bridgehead atoms. The quantitative estimate of drug-likeness (QED) is 0.814. The predicted molar refractivity (Wildman–Crippen MR) is 106 cm³/mol. The molecule has 3 heterocycles. The van der Waals surface area contributed by atoms with Gasteiger partial charge in [0.1, 0.15) is 5.60 Å². The van der Waals surface area contributed by atoms with Crippen LogP contribution in [0.5, 0.6) is 0 Å². The van der Waals surface area contributed by atoms with Gasteiger partial charge in [0.2, 0.25) is 0 Å². The maximum Gasteiger partial charge on any atom is 0.413 e. The predicted octanol–water partition coefficient (Wildman–Crippen LogP) is 3.58. The summed E-state index contributed by atoms with van der Waals surface area (Å²) in [6.07, 6.45) is 2.60. The van der Waals surface area contributed by atoms with E-state index in [1.54, 1.807) is 24.5 Å². The van der Waals surface area contributed by atoms with E-state index in [4.69, 9.17) is 9.47 Å². The van der Waals surface area contributed by atoms with Gasteiger partial charge in [0.05, 0.1) is 12.6 Å². The van der Waals surface area contributed by atoms with Crippen LogP contribution in [-0.4, -0.2) is 52.2 Å². The number of thiophene rings is 1. The van der Waals surface area contributed by atoms with Gasteiger partial charge < -0.3 is 9.47 Å². The molecule has 27 heavy (non-hydrogen) atoms. The van der Waals surface area contributed by atoms with Crippen molar-refractivity contribution in [3.05, 3.63) is 34.7 Å². The SMILES string of the molecule is CO[C@H]1C[C@@H](Cn2ccc(NC(=O)OC(C)(C)C)n2)N(Cc2cccs2)C1. The second-order valence-corrected chi connectivity index (χ2v) is 8.84. The van der Waals surface area contributed by atoms with E-state index < -0.39 is 11.7 Å². The van der Waals surface area contributed by atoms with Crippen molar-refractivity contribution < 1.29 is 14.3 Å². The molecule has 2 aromatic heterocycles. The van der Waals surface area contributed by atoms with Crippen molar-refractivity contribution in [2.75, 3.05) is 19.0 Å². The average molecular weight is 393 g/mol. The Labute approximate surface area is 164 Å². The number of hydrogen-bond acceptors (Lipinski definition) is 6. The van der Waals surface area contributed by atoms with Gasteiger partial charge in [-0.25, -0.2) is 4.79 Å². The first kappa shape index (κ1) is 19.9. The number of nitrogens with zero attached hydrogens (tertiary/aromatic N) is 3. The summed E-state index contributed by atoms with van der Waals surface area (Å²) in [6.45, 7) is 8.09. The van der Waals surface area contributed by atoms with Crippen LogP contribution in [0, 0.1) is 0 Å². The maximum atomic E-state index is 11.9. The Morgan fingerprint density at radius 1 is 1.41 bits per heavy atom. The number of methoxy groups -OCH3 is 1. The molecular formula is C19H28N4O3S. The van der Waals surface area contributed by atoms with Gasteiger partial charge in [-0.1, -0.05) is 6.07 Å². The summed E-state index contributed by atoms with van der Waals surface area (Å²) in [5.41, 5.74) is -0.534. The number of aromatic nitrogens is 2. The molecular weight excluding hydrogens is 364 g/mol. The molecule has 2 aromatic rings. The van der Waals surface area contributed by atoms with Gasteiger partial charge in [0, 0.05) is 43.4 Å². The van der Waals surface area contributed by atoms with Gasteiger partial charge in [-0.3, -0.25) is 14.9 Å². The zero-order chi connectivity index (χ0) is 19.4. The Morgan fingerprint density at radius 3 is 2.89 bits per heavy atom. The maximum absolute atomic E-state index is 11.9. The molecule has 0 saturated carbocycles. The van der Waals surface area contributed by atoms with Gasteiger partial charge in [-0.15, -0.1) is 11.3 Å². The molecule has 1 N–H and O–H groups in total. The van der Waals surface area contributed by atoms with E-state index >= 15 is 0 Å². The molecule has 8 heteroatoms. The molecule has 148 valence electrons. The fourth-order valence-electron chi connectivity index (χ4n) is 3.25. The number of carbonyl (C=O) groups excluding carboxylic acids is 1. The number of likely N-dealkylation sites (tertiary alicyclic amines) is 1. The molecule has 1 fully saturated rings. The lowest BCUT2D eigenvalue weighted by Crippen LogP contribution is -2.32. The summed E-state index contributed by atoms with van der Waals surface area (Å²) in [7, 11) is 1.77. The third-order valence-electron chi connectivity index (χ3n) is 4.43. The molecule has 0 spiro atoms. The first-order valence-corrected chi connectivity index (χ1v) is 10.0. The van der Waals surface area contributed by atoms with Crippen molar-refractivity contribution in [1.29, 1.82) is 0 Å². The third-order valence-corrected chi connectivity index (χ3v) is 5.29. The molecule has 1 aliphatic rings. The normalized spacial score (nSPS) is 20.7. The van der Waals surface area contributed by atoms with Crippen LogP contribution in [-0.2, 0) is 22.6 Å². The smallest absolute Gasteiger partial charge is 0.413 e. The lowest BCUT2D eigenvalue weighted by Gasteiger charge is -2.23. The number of carbonyl (C=O) groups is 1. The highest BCUT2D eigenvalue weighted by Crippen LogP contribution is 2.25. The molecule has 0 aromatic carbocycles. The lowest BCUT2D eigenvalue weighted by molar-refractivity contribution is 0.0635. The van der Waals surface area contributed by atoms with E-state index in [2.05, 4.69) is 32.8 Å². The average Bonchev–Trinajstić information content (AvgIpc) is 3.29. The minimum absolute atomic E-state index is 0.241. The first-order valence-electron chi connectivity index (χ1n) is 9.15. The number of nitrogens with one attached hydrogen (secondary N) is 1. The van der Waals surface area contributed by atoms with Crippen LogP contribution in [0.25, 0.3) is 0 Å². The Morgan fingerprint density at radius 2 is 2.22 bits per heavy atom. The van der Waals surface area contributed by atoms with Crippen molar-refractivity contribution >= 4 is 23.2 Å². The molecule has 0 radical (unpaired) electrons. The lowest BCUT2D eigenvalue weighted by atomic mass is 10.2. The van der Waals surface area contributed by atoms with Crippen LogP contribution in [0.3, 0.4) is 0 Å². The summed E-state index contributed by atoms with van der Waals surface area (Å²) in [4.78, 5) is 15.7. The third kappa shape index (κ3) is 5.79. The highest BCUT2D eigenvalue weighted by molar-refractivity contribution is 7.09. The Hall–Kier alpha value is -1.90. The Bertz CT molecular complexity index is 738. The fraction of sp³-hybridized carbons (Fsp3) is 0.579. The second kappa shape index (κ2) is 8.41. The van der Waals surface area contributed by atoms with Crippen LogP contribution in [0.15, 0.2) is 29.8 Å². The van der Waals surface area contributed by atoms with Crippen LogP contribution < -0.4 is 5.32 Å². The monoisotopic (exact) mass is 392 g/mol. The van der Waals surface area contributed by atoms with Gasteiger partial charge in [-0.2, -0.15) is 5.10 Å². The summed E-state index contributed by atoms with van der Waals surface area (Å²) in [5, 5.41) is 9.25. The van der Waals surface area contributed by atoms with Crippen molar-refractivity contribution in [3.63, 3.8) is 0 Å². The molecule has 1 saturated heterocycles. The number of ether oxygens (including phenoxy) is 2. The molecule has 3 rings (SSSR count). The molecule has 0 aliphatic carbocycles. The van der Waals surface area contributed by atoms with Crippen LogP contribution in [0.4, 0.5) is 10.6 Å². The van der Waals surface area contributed by atoms with Gasteiger partial charge in [0.25, 0.3) is 0 Å². The molecule has 0 unspecified atom stereocenters.